The largest absolute Gasteiger partial charge is 0.326 e. The molecule has 2 unspecified atom stereocenters. The fourth-order valence-corrected chi connectivity index (χ4v) is 2.72. The van der Waals surface area contributed by atoms with Crippen LogP contribution >= 0.6 is 0 Å². The maximum atomic E-state index is 13.7. The van der Waals surface area contributed by atoms with E-state index in [2.05, 4.69) is 5.32 Å². The molecule has 0 spiro atoms. The first-order chi connectivity index (χ1) is 10.1. The lowest BCUT2D eigenvalue weighted by atomic mass is 10.1. The van der Waals surface area contributed by atoms with Crippen molar-refractivity contribution in [2.45, 2.75) is 26.2 Å². The molecule has 0 saturated heterocycles. The summed E-state index contributed by atoms with van der Waals surface area (Å²) in [7, 11) is 0. The van der Waals surface area contributed by atoms with Crippen molar-refractivity contribution in [2.24, 2.45) is 5.92 Å². The summed E-state index contributed by atoms with van der Waals surface area (Å²) in [5.74, 6) is -0.348. The van der Waals surface area contributed by atoms with Gasteiger partial charge in [0.25, 0.3) is 0 Å². The molecule has 1 amide bonds. The highest BCUT2D eigenvalue weighted by atomic mass is 19.1. The highest BCUT2D eigenvalue weighted by Crippen LogP contribution is 2.48. The van der Waals surface area contributed by atoms with E-state index in [1.54, 1.807) is 12.1 Å². The van der Waals surface area contributed by atoms with Gasteiger partial charge in [-0.3, -0.25) is 4.79 Å². The summed E-state index contributed by atoms with van der Waals surface area (Å²) < 4.78 is 13.7. The first-order valence-corrected chi connectivity index (χ1v) is 7.19. The fourth-order valence-electron chi connectivity index (χ4n) is 2.72. The Morgan fingerprint density at radius 2 is 1.90 bits per heavy atom. The first-order valence-electron chi connectivity index (χ1n) is 7.19. The molecule has 21 heavy (non-hydrogen) atoms. The number of benzene rings is 2. The summed E-state index contributed by atoms with van der Waals surface area (Å²) in [6.45, 7) is 4.01. The van der Waals surface area contributed by atoms with Crippen molar-refractivity contribution >= 4 is 11.6 Å². The van der Waals surface area contributed by atoms with Gasteiger partial charge in [0.2, 0.25) is 5.91 Å². The number of hydrogen-bond donors (Lipinski definition) is 1. The molecule has 1 N–H and O–H groups in total. The molecule has 3 rings (SSSR count). The minimum absolute atomic E-state index is 0.0105. The van der Waals surface area contributed by atoms with E-state index in [1.165, 1.54) is 6.07 Å². The van der Waals surface area contributed by atoms with Gasteiger partial charge in [0.15, 0.2) is 0 Å². The van der Waals surface area contributed by atoms with Gasteiger partial charge in [-0.05, 0) is 55.0 Å². The van der Waals surface area contributed by atoms with Gasteiger partial charge in [0.05, 0.1) is 0 Å². The van der Waals surface area contributed by atoms with E-state index in [9.17, 15) is 9.18 Å². The van der Waals surface area contributed by atoms with E-state index in [1.807, 2.05) is 38.1 Å². The number of halogens is 1. The van der Waals surface area contributed by atoms with Crippen molar-refractivity contribution in [2.75, 3.05) is 5.32 Å². The Balaban J connectivity index is 1.71. The van der Waals surface area contributed by atoms with Crippen molar-refractivity contribution in [1.82, 2.24) is 0 Å². The van der Waals surface area contributed by atoms with E-state index in [4.69, 9.17) is 0 Å². The average Bonchev–Trinajstić information content (AvgIpc) is 3.25. The minimum Gasteiger partial charge on any atom is -0.326 e. The van der Waals surface area contributed by atoms with Crippen LogP contribution in [-0.4, -0.2) is 5.91 Å². The zero-order valence-electron chi connectivity index (χ0n) is 12.2. The maximum Gasteiger partial charge on any atom is 0.228 e. The molecule has 0 aliphatic heterocycles. The highest BCUT2D eigenvalue weighted by Gasteiger charge is 2.45. The molecule has 2 aromatic carbocycles. The third-order valence-corrected chi connectivity index (χ3v) is 4.29. The van der Waals surface area contributed by atoms with Crippen molar-refractivity contribution in [3.05, 3.63) is 65.0 Å². The SMILES string of the molecule is Cc1cccc(NC(=O)C2CC2c2ccccc2F)c1C. The summed E-state index contributed by atoms with van der Waals surface area (Å²) >= 11 is 0. The minimum atomic E-state index is -0.218. The smallest absolute Gasteiger partial charge is 0.228 e. The Labute approximate surface area is 124 Å². The quantitative estimate of drug-likeness (QED) is 0.899. The lowest BCUT2D eigenvalue weighted by Crippen LogP contribution is -2.15. The van der Waals surface area contributed by atoms with Gasteiger partial charge in [0.1, 0.15) is 5.82 Å². The Morgan fingerprint density at radius 3 is 2.67 bits per heavy atom. The molecule has 2 aromatic rings. The van der Waals surface area contributed by atoms with E-state index in [0.717, 1.165) is 23.2 Å². The van der Waals surface area contributed by atoms with Crippen LogP contribution in [-0.2, 0) is 4.79 Å². The molecular formula is C18H18FNO. The summed E-state index contributed by atoms with van der Waals surface area (Å²) in [5, 5.41) is 2.97. The van der Waals surface area contributed by atoms with Crippen LogP contribution in [0.4, 0.5) is 10.1 Å². The lowest BCUT2D eigenvalue weighted by molar-refractivity contribution is -0.117. The predicted molar refractivity (Wildman–Crippen MR) is 81.8 cm³/mol. The highest BCUT2D eigenvalue weighted by molar-refractivity contribution is 5.96. The first kappa shape index (κ1) is 13.8. The van der Waals surface area contributed by atoms with Gasteiger partial charge in [0, 0.05) is 11.6 Å². The topological polar surface area (TPSA) is 29.1 Å². The number of anilines is 1. The number of carbonyl (C=O) groups is 1. The third kappa shape index (κ3) is 2.68. The second kappa shape index (κ2) is 5.32. The molecule has 2 atom stereocenters. The molecule has 1 saturated carbocycles. The van der Waals surface area contributed by atoms with E-state index < -0.39 is 0 Å². The van der Waals surface area contributed by atoms with E-state index in [-0.39, 0.29) is 23.6 Å². The van der Waals surface area contributed by atoms with Gasteiger partial charge >= 0.3 is 0 Å². The van der Waals surface area contributed by atoms with Crippen LogP contribution in [0.5, 0.6) is 0 Å². The summed E-state index contributed by atoms with van der Waals surface area (Å²) in [4.78, 5) is 12.3. The van der Waals surface area contributed by atoms with Gasteiger partial charge in [-0.15, -0.1) is 0 Å². The van der Waals surface area contributed by atoms with Crippen LogP contribution in [0.15, 0.2) is 42.5 Å². The average molecular weight is 283 g/mol. The van der Waals surface area contributed by atoms with Crippen LogP contribution in [0.2, 0.25) is 0 Å². The van der Waals surface area contributed by atoms with Gasteiger partial charge < -0.3 is 5.32 Å². The van der Waals surface area contributed by atoms with Crippen molar-refractivity contribution in [1.29, 1.82) is 0 Å². The standard InChI is InChI=1S/C18H18FNO/c1-11-6-5-9-17(12(11)2)20-18(21)15-10-14(15)13-7-3-4-8-16(13)19/h3-9,14-15H,10H2,1-2H3,(H,20,21). The van der Waals surface area contributed by atoms with Crippen LogP contribution in [0.1, 0.15) is 29.0 Å². The van der Waals surface area contributed by atoms with E-state index >= 15 is 0 Å². The Kier molecular flexibility index (Phi) is 3.50. The van der Waals surface area contributed by atoms with Crippen molar-refractivity contribution in [3.63, 3.8) is 0 Å². The van der Waals surface area contributed by atoms with Crippen LogP contribution in [0.3, 0.4) is 0 Å². The van der Waals surface area contributed by atoms with Gasteiger partial charge in [-0.25, -0.2) is 4.39 Å². The molecule has 0 heterocycles. The molecule has 1 fully saturated rings. The molecule has 0 radical (unpaired) electrons. The molecule has 0 bridgehead atoms. The molecule has 0 aromatic heterocycles. The molecule has 108 valence electrons. The zero-order valence-corrected chi connectivity index (χ0v) is 12.2. The van der Waals surface area contributed by atoms with Crippen molar-refractivity contribution < 1.29 is 9.18 Å². The fraction of sp³-hybridized carbons (Fsp3) is 0.278. The Morgan fingerprint density at radius 1 is 1.14 bits per heavy atom. The maximum absolute atomic E-state index is 13.7. The Bertz CT molecular complexity index is 695. The molecule has 2 nitrogen and oxygen atoms in total. The third-order valence-electron chi connectivity index (χ3n) is 4.29. The van der Waals surface area contributed by atoms with Crippen LogP contribution in [0.25, 0.3) is 0 Å². The molecule has 1 aliphatic carbocycles. The van der Waals surface area contributed by atoms with Crippen LogP contribution < -0.4 is 5.32 Å². The predicted octanol–water partition coefficient (Wildman–Crippen LogP) is 4.18. The number of amides is 1. The second-order valence-corrected chi connectivity index (χ2v) is 5.71. The number of nitrogens with one attached hydrogen (secondary N) is 1. The molecule has 3 heteroatoms. The normalized spacial score (nSPS) is 20.1. The molecular weight excluding hydrogens is 265 g/mol. The van der Waals surface area contributed by atoms with Crippen molar-refractivity contribution in [3.8, 4) is 0 Å². The summed E-state index contributed by atoms with van der Waals surface area (Å²) in [6, 6.07) is 12.6. The lowest BCUT2D eigenvalue weighted by Gasteiger charge is -2.10. The Hall–Kier alpha value is -2.16. The van der Waals surface area contributed by atoms with Gasteiger partial charge in [-0.1, -0.05) is 30.3 Å². The van der Waals surface area contributed by atoms with Gasteiger partial charge in [-0.2, -0.15) is 0 Å². The number of hydrogen-bond acceptors (Lipinski definition) is 1. The van der Waals surface area contributed by atoms with E-state index in [0.29, 0.717) is 5.56 Å². The molecule has 1 aliphatic rings. The number of rotatable bonds is 3. The second-order valence-electron chi connectivity index (χ2n) is 5.71. The zero-order chi connectivity index (χ0) is 15.0. The number of aryl methyl sites for hydroxylation is 1. The number of carbonyl (C=O) groups excluding carboxylic acids is 1. The van der Waals surface area contributed by atoms with Crippen LogP contribution in [0, 0.1) is 25.6 Å². The monoisotopic (exact) mass is 283 g/mol. The summed E-state index contributed by atoms with van der Waals surface area (Å²) in [5.41, 5.74) is 3.72. The summed E-state index contributed by atoms with van der Waals surface area (Å²) in [6.07, 6.45) is 0.720.